The number of hydrogen-bond acceptors (Lipinski definition) is 4. The minimum Gasteiger partial charge on any atom is -0.450 e. The maximum Gasteiger partial charge on any atom is 0.301 e. The summed E-state index contributed by atoms with van der Waals surface area (Å²) in [7, 11) is 0. The van der Waals surface area contributed by atoms with Gasteiger partial charge in [0.05, 0.1) is 0 Å². The SMILES string of the molecule is CC(=O)N1CCN(NC(=O)c2oc3ccc(Cl)cc3c2-c2ccccc2)CC1. The van der Waals surface area contributed by atoms with Crippen LogP contribution in [-0.4, -0.2) is 47.9 Å². The second-order valence-corrected chi connectivity index (χ2v) is 7.18. The summed E-state index contributed by atoms with van der Waals surface area (Å²) in [5, 5.41) is 3.19. The Morgan fingerprint density at radius 2 is 1.75 bits per heavy atom. The monoisotopic (exact) mass is 397 g/mol. The van der Waals surface area contributed by atoms with Gasteiger partial charge in [-0.15, -0.1) is 0 Å². The molecule has 2 amide bonds. The van der Waals surface area contributed by atoms with Gasteiger partial charge in [0, 0.05) is 49.1 Å². The fraction of sp³-hybridized carbons (Fsp3) is 0.238. The highest BCUT2D eigenvalue weighted by Crippen LogP contribution is 2.36. The van der Waals surface area contributed by atoms with Crippen LogP contribution in [0.5, 0.6) is 0 Å². The van der Waals surface area contributed by atoms with E-state index in [4.69, 9.17) is 16.0 Å². The van der Waals surface area contributed by atoms with Crippen LogP contribution in [0.4, 0.5) is 0 Å². The lowest BCUT2D eigenvalue weighted by molar-refractivity contribution is -0.130. The quantitative estimate of drug-likeness (QED) is 0.733. The third-order valence-electron chi connectivity index (χ3n) is 4.90. The van der Waals surface area contributed by atoms with Gasteiger partial charge in [0.25, 0.3) is 0 Å². The molecule has 0 bridgehead atoms. The smallest absolute Gasteiger partial charge is 0.301 e. The second-order valence-electron chi connectivity index (χ2n) is 6.75. The van der Waals surface area contributed by atoms with Crippen LogP contribution in [0.15, 0.2) is 52.9 Å². The van der Waals surface area contributed by atoms with Gasteiger partial charge < -0.3 is 9.32 Å². The van der Waals surface area contributed by atoms with Gasteiger partial charge in [0.2, 0.25) is 11.7 Å². The first-order valence-electron chi connectivity index (χ1n) is 9.12. The largest absolute Gasteiger partial charge is 0.450 e. The number of piperazine rings is 1. The van der Waals surface area contributed by atoms with E-state index >= 15 is 0 Å². The third kappa shape index (κ3) is 3.61. The lowest BCUT2D eigenvalue weighted by Gasteiger charge is -2.33. The van der Waals surface area contributed by atoms with Gasteiger partial charge in [-0.1, -0.05) is 41.9 Å². The van der Waals surface area contributed by atoms with E-state index in [9.17, 15) is 9.59 Å². The first kappa shape index (κ1) is 18.5. The van der Waals surface area contributed by atoms with Crippen molar-refractivity contribution in [1.82, 2.24) is 15.3 Å². The van der Waals surface area contributed by atoms with Crippen molar-refractivity contribution < 1.29 is 14.0 Å². The molecule has 2 heterocycles. The molecule has 1 aliphatic rings. The number of hydrogen-bond donors (Lipinski definition) is 1. The number of nitrogens with one attached hydrogen (secondary N) is 1. The molecule has 28 heavy (non-hydrogen) atoms. The topological polar surface area (TPSA) is 65.8 Å². The van der Waals surface area contributed by atoms with E-state index in [0.717, 1.165) is 16.5 Å². The van der Waals surface area contributed by atoms with Crippen LogP contribution in [0.3, 0.4) is 0 Å². The minimum atomic E-state index is -0.317. The molecule has 144 valence electrons. The predicted molar refractivity (Wildman–Crippen MR) is 108 cm³/mol. The van der Waals surface area contributed by atoms with Gasteiger partial charge in [0.15, 0.2) is 0 Å². The molecule has 1 fully saturated rings. The van der Waals surface area contributed by atoms with Crippen LogP contribution in [0.2, 0.25) is 5.02 Å². The summed E-state index contributed by atoms with van der Waals surface area (Å²) in [6, 6.07) is 15.0. The first-order valence-corrected chi connectivity index (χ1v) is 9.49. The van der Waals surface area contributed by atoms with Gasteiger partial charge in [-0.2, -0.15) is 0 Å². The Hall–Kier alpha value is -2.83. The highest BCUT2D eigenvalue weighted by molar-refractivity contribution is 6.31. The van der Waals surface area contributed by atoms with E-state index in [2.05, 4.69) is 5.43 Å². The summed E-state index contributed by atoms with van der Waals surface area (Å²) in [6.07, 6.45) is 0. The molecular weight excluding hydrogens is 378 g/mol. The number of carbonyl (C=O) groups excluding carboxylic acids is 2. The summed E-state index contributed by atoms with van der Waals surface area (Å²) >= 11 is 6.18. The van der Waals surface area contributed by atoms with Gasteiger partial charge in [-0.3, -0.25) is 15.0 Å². The Labute approximate surface area is 167 Å². The Balaban J connectivity index is 1.65. The van der Waals surface area contributed by atoms with Crippen LogP contribution in [0.1, 0.15) is 17.5 Å². The molecule has 0 radical (unpaired) electrons. The molecule has 0 unspecified atom stereocenters. The molecule has 0 atom stereocenters. The fourth-order valence-corrected chi connectivity index (χ4v) is 3.62. The number of amides is 2. The standard InChI is InChI=1S/C21H20ClN3O3/c1-14(26)24-9-11-25(12-10-24)23-21(27)20-19(15-5-3-2-4-6-15)17-13-16(22)7-8-18(17)28-20/h2-8,13H,9-12H2,1H3,(H,23,27). The minimum absolute atomic E-state index is 0.0477. The van der Waals surface area contributed by atoms with E-state index < -0.39 is 0 Å². The van der Waals surface area contributed by atoms with Crippen molar-refractivity contribution in [2.75, 3.05) is 26.2 Å². The average molecular weight is 398 g/mol. The molecule has 2 aromatic carbocycles. The molecule has 0 aliphatic carbocycles. The lowest BCUT2D eigenvalue weighted by atomic mass is 10.0. The molecular formula is C21H20ClN3O3. The number of halogens is 1. The highest BCUT2D eigenvalue weighted by atomic mass is 35.5. The number of fused-ring (bicyclic) bond motifs is 1. The van der Waals surface area contributed by atoms with Crippen LogP contribution >= 0.6 is 11.6 Å². The summed E-state index contributed by atoms with van der Waals surface area (Å²) in [6.45, 7) is 3.85. The number of carbonyl (C=O) groups is 2. The molecule has 1 N–H and O–H groups in total. The zero-order chi connectivity index (χ0) is 19.7. The summed E-state index contributed by atoms with van der Waals surface area (Å²) in [5.74, 6) is -0.0218. The van der Waals surface area contributed by atoms with E-state index in [1.165, 1.54) is 0 Å². The molecule has 1 aliphatic heterocycles. The molecule has 0 spiro atoms. The second kappa shape index (κ2) is 7.66. The fourth-order valence-electron chi connectivity index (χ4n) is 3.45. The van der Waals surface area contributed by atoms with E-state index in [1.807, 2.05) is 41.4 Å². The van der Waals surface area contributed by atoms with Gasteiger partial charge in [-0.05, 0) is 23.8 Å². The summed E-state index contributed by atoms with van der Waals surface area (Å²) in [5.41, 5.74) is 5.12. The molecule has 6 nitrogen and oxygen atoms in total. The van der Waals surface area contributed by atoms with Gasteiger partial charge in [-0.25, -0.2) is 5.01 Å². The molecule has 3 aromatic rings. The van der Waals surface area contributed by atoms with Crippen LogP contribution in [0.25, 0.3) is 22.1 Å². The van der Waals surface area contributed by atoms with Crippen molar-refractivity contribution in [3.05, 3.63) is 59.3 Å². The van der Waals surface area contributed by atoms with Crippen LogP contribution in [-0.2, 0) is 4.79 Å². The van der Waals surface area contributed by atoms with Crippen molar-refractivity contribution in [2.24, 2.45) is 0 Å². The number of nitrogens with zero attached hydrogens (tertiary/aromatic N) is 2. The maximum atomic E-state index is 13.0. The van der Waals surface area contributed by atoms with E-state index in [0.29, 0.717) is 36.8 Å². The number of hydrazine groups is 1. The zero-order valence-electron chi connectivity index (χ0n) is 15.4. The Morgan fingerprint density at radius 1 is 1.04 bits per heavy atom. The molecule has 7 heteroatoms. The third-order valence-corrected chi connectivity index (χ3v) is 5.14. The van der Waals surface area contributed by atoms with Crippen molar-refractivity contribution in [1.29, 1.82) is 0 Å². The molecule has 4 rings (SSSR count). The van der Waals surface area contributed by atoms with E-state index in [1.54, 1.807) is 24.0 Å². The van der Waals surface area contributed by atoms with Gasteiger partial charge in [0.1, 0.15) is 5.58 Å². The normalized spacial score (nSPS) is 15.0. The van der Waals surface area contributed by atoms with Crippen LogP contribution in [0, 0.1) is 0 Å². The Morgan fingerprint density at radius 3 is 2.43 bits per heavy atom. The Kier molecular flexibility index (Phi) is 5.07. The summed E-state index contributed by atoms with van der Waals surface area (Å²) < 4.78 is 5.91. The van der Waals surface area contributed by atoms with Crippen molar-refractivity contribution in [3.63, 3.8) is 0 Å². The number of furan rings is 1. The average Bonchev–Trinajstić information content (AvgIpc) is 3.08. The molecule has 1 aromatic heterocycles. The lowest BCUT2D eigenvalue weighted by Crippen LogP contribution is -2.54. The Bertz CT molecular complexity index is 1020. The van der Waals surface area contributed by atoms with E-state index in [-0.39, 0.29) is 17.6 Å². The molecule has 1 saturated heterocycles. The summed E-state index contributed by atoms with van der Waals surface area (Å²) in [4.78, 5) is 26.3. The molecule has 0 saturated carbocycles. The number of rotatable bonds is 3. The predicted octanol–water partition coefficient (Wildman–Crippen LogP) is 3.56. The first-order chi connectivity index (χ1) is 13.5. The van der Waals surface area contributed by atoms with Crippen molar-refractivity contribution in [3.8, 4) is 11.1 Å². The van der Waals surface area contributed by atoms with Crippen molar-refractivity contribution in [2.45, 2.75) is 6.92 Å². The highest BCUT2D eigenvalue weighted by Gasteiger charge is 2.25. The zero-order valence-corrected chi connectivity index (χ0v) is 16.2. The van der Waals surface area contributed by atoms with Gasteiger partial charge >= 0.3 is 5.91 Å². The number of benzene rings is 2. The van der Waals surface area contributed by atoms with Crippen LogP contribution < -0.4 is 5.43 Å². The maximum absolute atomic E-state index is 13.0. The van der Waals surface area contributed by atoms with Crippen molar-refractivity contribution >= 4 is 34.4 Å².